The van der Waals surface area contributed by atoms with Gasteiger partial charge in [-0.25, -0.2) is 4.39 Å². The Morgan fingerprint density at radius 3 is 2.64 bits per heavy atom. The topological polar surface area (TPSA) is 39.1 Å². The summed E-state index contributed by atoms with van der Waals surface area (Å²) in [5.41, 5.74) is 5.77. The zero-order valence-corrected chi connectivity index (χ0v) is 15.0. The Morgan fingerprint density at radius 1 is 1.16 bits per heavy atom. The molecule has 0 unspecified atom stereocenters. The van der Waals surface area contributed by atoms with Gasteiger partial charge in [0.05, 0.1) is 30.2 Å². The Balaban J connectivity index is 1.80. The van der Waals surface area contributed by atoms with E-state index < -0.39 is 0 Å². The lowest BCUT2D eigenvalue weighted by Gasteiger charge is -2.10. The van der Waals surface area contributed by atoms with Crippen LogP contribution in [0, 0.1) is 19.7 Å². The van der Waals surface area contributed by atoms with Gasteiger partial charge < -0.3 is 14.6 Å². The molecule has 4 nitrogen and oxygen atoms in total. The number of hydrogen-bond acceptors (Lipinski definition) is 3. The largest absolute Gasteiger partial charge is 0.383 e. The maximum Gasteiger partial charge on any atom is 0.123 e. The van der Waals surface area contributed by atoms with E-state index >= 15 is 0 Å². The first-order valence-corrected chi connectivity index (χ1v) is 8.52. The lowest BCUT2D eigenvalue weighted by molar-refractivity contribution is 0.188. The average molecular weight is 341 g/mol. The Bertz CT molecular complexity index is 855. The van der Waals surface area contributed by atoms with Crippen LogP contribution in [0.1, 0.15) is 16.8 Å². The molecule has 0 aliphatic heterocycles. The van der Waals surface area contributed by atoms with Crippen molar-refractivity contribution in [3.05, 3.63) is 59.3 Å². The van der Waals surface area contributed by atoms with Crippen LogP contribution in [0.2, 0.25) is 0 Å². The number of benzene rings is 1. The first-order valence-electron chi connectivity index (χ1n) is 8.52. The molecule has 0 atom stereocenters. The smallest absolute Gasteiger partial charge is 0.123 e. The van der Waals surface area contributed by atoms with Crippen molar-refractivity contribution in [2.24, 2.45) is 0 Å². The summed E-state index contributed by atoms with van der Waals surface area (Å²) < 4.78 is 20.5. The van der Waals surface area contributed by atoms with Gasteiger partial charge in [-0.1, -0.05) is 12.1 Å². The minimum atomic E-state index is -0.200. The summed E-state index contributed by atoms with van der Waals surface area (Å²) in [5.74, 6) is -0.200. The van der Waals surface area contributed by atoms with Crippen LogP contribution in [0.25, 0.3) is 10.9 Å². The fourth-order valence-corrected chi connectivity index (χ4v) is 3.21. The molecule has 1 N–H and O–H groups in total. The van der Waals surface area contributed by atoms with Crippen LogP contribution in [0.3, 0.4) is 0 Å². The molecule has 0 amide bonds. The van der Waals surface area contributed by atoms with Crippen LogP contribution in [-0.4, -0.2) is 29.8 Å². The lowest BCUT2D eigenvalue weighted by atomic mass is 10.1. The van der Waals surface area contributed by atoms with Gasteiger partial charge in [0.15, 0.2) is 0 Å². The van der Waals surface area contributed by atoms with E-state index in [1.807, 2.05) is 24.5 Å². The summed E-state index contributed by atoms with van der Waals surface area (Å²) in [6, 6.07) is 6.65. The standard InChI is InChI=1S/C20H24FN3O/c1-14-15(2)24(10-11-25-3)19-13-22-12-18(20(14)19)23-9-8-16-4-6-17(21)7-5-16/h4-7,12-13,23H,8-11H2,1-3H3. The van der Waals surface area contributed by atoms with Crippen LogP contribution in [0.15, 0.2) is 36.7 Å². The number of nitrogens with one attached hydrogen (secondary N) is 1. The van der Waals surface area contributed by atoms with Gasteiger partial charge in [0.1, 0.15) is 5.82 Å². The van der Waals surface area contributed by atoms with Gasteiger partial charge in [-0.2, -0.15) is 0 Å². The second-order valence-corrected chi connectivity index (χ2v) is 6.24. The number of anilines is 1. The zero-order valence-electron chi connectivity index (χ0n) is 15.0. The fraction of sp³-hybridized carbons (Fsp3) is 0.350. The molecule has 0 radical (unpaired) electrons. The van der Waals surface area contributed by atoms with Gasteiger partial charge in [0.25, 0.3) is 0 Å². The van der Waals surface area contributed by atoms with Gasteiger partial charge in [-0.15, -0.1) is 0 Å². The minimum absolute atomic E-state index is 0.200. The van der Waals surface area contributed by atoms with Crippen molar-refractivity contribution in [1.29, 1.82) is 0 Å². The third kappa shape index (κ3) is 3.66. The van der Waals surface area contributed by atoms with E-state index in [9.17, 15) is 4.39 Å². The molecular weight excluding hydrogens is 317 g/mol. The zero-order chi connectivity index (χ0) is 17.8. The van der Waals surface area contributed by atoms with Gasteiger partial charge >= 0.3 is 0 Å². The van der Waals surface area contributed by atoms with E-state index in [4.69, 9.17) is 4.74 Å². The molecule has 0 saturated heterocycles. The Labute approximate surface area is 147 Å². The molecule has 25 heavy (non-hydrogen) atoms. The molecule has 0 fully saturated rings. The van der Waals surface area contributed by atoms with Crippen LogP contribution < -0.4 is 5.32 Å². The van der Waals surface area contributed by atoms with Gasteiger partial charge in [-0.05, 0) is 43.5 Å². The third-order valence-corrected chi connectivity index (χ3v) is 4.70. The maximum atomic E-state index is 13.0. The van der Waals surface area contributed by atoms with Crippen molar-refractivity contribution in [1.82, 2.24) is 9.55 Å². The van der Waals surface area contributed by atoms with Crippen LogP contribution in [-0.2, 0) is 17.7 Å². The second kappa shape index (κ2) is 7.66. The molecule has 3 rings (SSSR count). The number of fused-ring (bicyclic) bond motifs is 1. The fourth-order valence-electron chi connectivity index (χ4n) is 3.21. The van der Waals surface area contributed by atoms with E-state index in [2.05, 4.69) is 28.7 Å². The highest BCUT2D eigenvalue weighted by Crippen LogP contribution is 2.30. The van der Waals surface area contributed by atoms with Crippen molar-refractivity contribution in [2.45, 2.75) is 26.8 Å². The quantitative estimate of drug-likeness (QED) is 0.703. The number of aromatic nitrogens is 2. The normalized spacial score (nSPS) is 11.2. The molecule has 0 saturated carbocycles. The van der Waals surface area contributed by atoms with Gasteiger partial charge in [-0.3, -0.25) is 4.98 Å². The van der Waals surface area contributed by atoms with Crippen molar-refractivity contribution >= 4 is 16.6 Å². The minimum Gasteiger partial charge on any atom is -0.383 e. The summed E-state index contributed by atoms with van der Waals surface area (Å²) in [4.78, 5) is 4.40. The highest BCUT2D eigenvalue weighted by Gasteiger charge is 2.14. The molecule has 2 heterocycles. The highest BCUT2D eigenvalue weighted by molar-refractivity contribution is 5.95. The molecule has 1 aromatic carbocycles. The molecule has 5 heteroatoms. The number of ether oxygens (including phenoxy) is 1. The Hall–Kier alpha value is -2.40. The molecule has 0 spiro atoms. The van der Waals surface area contributed by atoms with E-state index in [-0.39, 0.29) is 5.82 Å². The van der Waals surface area contributed by atoms with E-state index in [0.29, 0.717) is 6.61 Å². The SMILES string of the molecule is COCCn1c(C)c(C)c2c(NCCc3ccc(F)cc3)cncc21. The predicted octanol–water partition coefficient (Wildman–Crippen LogP) is 4.09. The van der Waals surface area contributed by atoms with Crippen LogP contribution in [0.4, 0.5) is 10.1 Å². The van der Waals surface area contributed by atoms with Crippen molar-refractivity contribution in [3.63, 3.8) is 0 Å². The number of methoxy groups -OCH3 is 1. The summed E-state index contributed by atoms with van der Waals surface area (Å²) >= 11 is 0. The predicted molar refractivity (Wildman–Crippen MR) is 99.7 cm³/mol. The average Bonchev–Trinajstić information content (AvgIpc) is 2.86. The number of aryl methyl sites for hydroxylation is 1. The van der Waals surface area contributed by atoms with Crippen molar-refractivity contribution < 1.29 is 9.13 Å². The summed E-state index contributed by atoms with van der Waals surface area (Å²) in [5, 5.41) is 4.70. The summed E-state index contributed by atoms with van der Waals surface area (Å²) in [7, 11) is 1.72. The number of hydrogen-bond donors (Lipinski definition) is 1. The number of nitrogens with zero attached hydrogens (tertiary/aromatic N) is 2. The van der Waals surface area contributed by atoms with E-state index in [1.165, 1.54) is 28.8 Å². The number of pyridine rings is 1. The Morgan fingerprint density at radius 2 is 1.92 bits per heavy atom. The Kier molecular flexibility index (Phi) is 5.34. The number of halogens is 1. The first kappa shape index (κ1) is 17.4. The van der Waals surface area contributed by atoms with Crippen LogP contribution >= 0.6 is 0 Å². The van der Waals surface area contributed by atoms with E-state index in [1.54, 1.807) is 7.11 Å². The van der Waals surface area contributed by atoms with Crippen LogP contribution in [0.5, 0.6) is 0 Å². The monoisotopic (exact) mass is 341 g/mol. The molecular formula is C20H24FN3O. The maximum absolute atomic E-state index is 13.0. The van der Waals surface area contributed by atoms with Gasteiger partial charge in [0.2, 0.25) is 0 Å². The third-order valence-electron chi connectivity index (χ3n) is 4.70. The summed E-state index contributed by atoms with van der Waals surface area (Å²) in [6.07, 6.45) is 4.62. The summed E-state index contributed by atoms with van der Waals surface area (Å²) in [6.45, 7) is 6.53. The lowest BCUT2D eigenvalue weighted by Crippen LogP contribution is -2.07. The number of rotatable bonds is 7. The molecule has 0 aliphatic rings. The van der Waals surface area contributed by atoms with Gasteiger partial charge in [0, 0.05) is 31.3 Å². The second-order valence-electron chi connectivity index (χ2n) is 6.24. The van der Waals surface area contributed by atoms with Crippen molar-refractivity contribution in [3.8, 4) is 0 Å². The molecule has 132 valence electrons. The highest BCUT2D eigenvalue weighted by atomic mass is 19.1. The first-order chi connectivity index (χ1) is 12.1. The van der Waals surface area contributed by atoms with E-state index in [0.717, 1.165) is 36.3 Å². The molecule has 0 aliphatic carbocycles. The van der Waals surface area contributed by atoms with Crippen molar-refractivity contribution in [2.75, 3.05) is 25.6 Å². The molecule has 2 aromatic heterocycles. The molecule has 0 bridgehead atoms. The molecule has 3 aromatic rings.